The second-order valence-electron chi connectivity index (χ2n) is 4.64. The molecule has 0 aliphatic rings. The Balaban J connectivity index is 2.32. The Morgan fingerprint density at radius 3 is 2.60 bits per heavy atom. The van der Waals surface area contributed by atoms with Crippen molar-refractivity contribution in [3.63, 3.8) is 0 Å². The average Bonchev–Trinajstić information content (AvgIpc) is 2.46. The first-order valence-corrected chi connectivity index (χ1v) is 6.31. The number of amides is 1. The van der Waals surface area contributed by atoms with Crippen molar-refractivity contribution >= 4 is 17.3 Å². The molecule has 2 aromatic carbocycles. The zero-order valence-electron chi connectivity index (χ0n) is 11.9. The molecule has 2 aromatic rings. The van der Waals surface area contributed by atoms with E-state index in [2.05, 4.69) is 0 Å². The van der Waals surface area contributed by atoms with E-state index in [1.807, 2.05) is 31.2 Å². The van der Waals surface area contributed by atoms with Crippen LogP contribution in [0.25, 0.3) is 0 Å². The highest BCUT2D eigenvalue weighted by atomic mass is 16.5. The molecule has 0 spiro atoms. The van der Waals surface area contributed by atoms with Crippen molar-refractivity contribution in [2.45, 2.75) is 6.92 Å². The number of rotatable bonds is 3. The minimum atomic E-state index is -0.0734. The van der Waals surface area contributed by atoms with Gasteiger partial charge in [0.2, 0.25) is 0 Å². The molecule has 0 bridgehead atoms. The Kier molecular flexibility index (Phi) is 3.94. The number of carbonyl (C=O) groups excluding carboxylic acids is 1. The highest BCUT2D eigenvalue weighted by Gasteiger charge is 2.16. The summed E-state index contributed by atoms with van der Waals surface area (Å²) in [7, 11) is 3.35. The minimum absolute atomic E-state index is 0.0734. The van der Waals surface area contributed by atoms with E-state index in [1.165, 1.54) is 0 Å². The largest absolute Gasteiger partial charge is 0.497 e. The van der Waals surface area contributed by atoms with Gasteiger partial charge in [0.1, 0.15) is 5.75 Å². The normalized spacial score (nSPS) is 10.2. The lowest BCUT2D eigenvalue weighted by Crippen LogP contribution is -2.26. The first-order valence-electron chi connectivity index (χ1n) is 6.31. The molecule has 2 N–H and O–H groups in total. The Morgan fingerprint density at radius 1 is 1.20 bits per heavy atom. The van der Waals surface area contributed by atoms with E-state index in [4.69, 9.17) is 10.5 Å². The summed E-state index contributed by atoms with van der Waals surface area (Å²) in [5.41, 5.74) is 8.66. The molecule has 20 heavy (non-hydrogen) atoms. The Bertz CT molecular complexity index is 638. The number of nitrogens with zero attached hydrogens (tertiary/aromatic N) is 1. The van der Waals surface area contributed by atoms with Crippen molar-refractivity contribution in [2.24, 2.45) is 0 Å². The van der Waals surface area contributed by atoms with Crippen LogP contribution >= 0.6 is 0 Å². The van der Waals surface area contributed by atoms with E-state index in [0.717, 1.165) is 17.0 Å². The van der Waals surface area contributed by atoms with Gasteiger partial charge in [-0.15, -0.1) is 0 Å². The molecule has 2 rings (SSSR count). The summed E-state index contributed by atoms with van der Waals surface area (Å²) in [5, 5.41) is 0. The van der Waals surface area contributed by atoms with Crippen LogP contribution in [0.2, 0.25) is 0 Å². The molecule has 1 amide bonds. The first-order chi connectivity index (χ1) is 9.52. The van der Waals surface area contributed by atoms with Gasteiger partial charge in [-0.1, -0.05) is 6.07 Å². The van der Waals surface area contributed by atoms with Gasteiger partial charge < -0.3 is 15.4 Å². The van der Waals surface area contributed by atoms with Crippen molar-refractivity contribution in [1.82, 2.24) is 0 Å². The summed E-state index contributed by atoms with van der Waals surface area (Å²) in [4.78, 5) is 14.1. The van der Waals surface area contributed by atoms with Crippen molar-refractivity contribution in [3.05, 3.63) is 53.6 Å². The molecule has 0 aliphatic carbocycles. The smallest absolute Gasteiger partial charge is 0.258 e. The number of anilines is 2. The van der Waals surface area contributed by atoms with Crippen LogP contribution < -0.4 is 15.4 Å². The number of aryl methyl sites for hydroxylation is 1. The quantitative estimate of drug-likeness (QED) is 0.872. The fourth-order valence-electron chi connectivity index (χ4n) is 2.04. The van der Waals surface area contributed by atoms with E-state index in [0.29, 0.717) is 11.3 Å². The van der Waals surface area contributed by atoms with Crippen LogP contribution in [0.1, 0.15) is 15.9 Å². The zero-order chi connectivity index (χ0) is 14.7. The Hall–Kier alpha value is -2.49. The van der Waals surface area contributed by atoms with E-state index in [-0.39, 0.29) is 5.91 Å². The molecule has 4 nitrogen and oxygen atoms in total. The molecule has 0 radical (unpaired) electrons. The third-order valence-electron chi connectivity index (χ3n) is 3.23. The molecule has 0 saturated heterocycles. The number of benzene rings is 2. The van der Waals surface area contributed by atoms with E-state index in [1.54, 1.807) is 37.3 Å². The maximum absolute atomic E-state index is 12.5. The number of nitrogens with two attached hydrogens (primary N) is 1. The van der Waals surface area contributed by atoms with Crippen LogP contribution in [0, 0.1) is 6.92 Å². The summed E-state index contributed by atoms with van der Waals surface area (Å²) in [6.45, 7) is 1.88. The third-order valence-corrected chi connectivity index (χ3v) is 3.23. The van der Waals surface area contributed by atoms with Gasteiger partial charge in [0.25, 0.3) is 5.91 Å². The summed E-state index contributed by atoms with van der Waals surface area (Å²) >= 11 is 0. The minimum Gasteiger partial charge on any atom is -0.497 e. The summed E-state index contributed by atoms with van der Waals surface area (Å²) < 4.78 is 5.18. The van der Waals surface area contributed by atoms with Crippen molar-refractivity contribution in [2.75, 3.05) is 24.8 Å². The van der Waals surface area contributed by atoms with Crippen LogP contribution in [0.4, 0.5) is 11.4 Å². The molecule has 104 valence electrons. The number of methoxy groups -OCH3 is 1. The SMILES string of the molecule is COc1cccc(N(C)C(=O)c2ccc(N)cc2C)c1. The molecule has 4 heteroatoms. The molecule has 0 atom stereocenters. The molecule has 0 fully saturated rings. The van der Waals surface area contributed by atoms with Gasteiger partial charge in [0, 0.05) is 30.1 Å². The number of carbonyl (C=O) groups is 1. The lowest BCUT2D eigenvalue weighted by molar-refractivity contribution is 0.0992. The summed E-state index contributed by atoms with van der Waals surface area (Å²) in [6.07, 6.45) is 0. The standard InChI is InChI=1S/C16H18N2O2/c1-11-9-12(17)7-8-15(11)16(19)18(2)13-5-4-6-14(10-13)20-3/h4-10H,17H2,1-3H3. The fraction of sp³-hybridized carbons (Fsp3) is 0.188. The Labute approximate surface area is 118 Å². The molecule has 0 aliphatic heterocycles. The first kappa shape index (κ1) is 13.9. The maximum atomic E-state index is 12.5. The monoisotopic (exact) mass is 270 g/mol. The topological polar surface area (TPSA) is 55.6 Å². The van der Waals surface area contributed by atoms with Crippen molar-refractivity contribution in [3.8, 4) is 5.75 Å². The van der Waals surface area contributed by atoms with Crippen LogP contribution in [0.5, 0.6) is 5.75 Å². The molecule has 0 aromatic heterocycles. The van der Waals surface area contributed by atoms with Gasteiger partial charge in [-0.3, -0.25) is 4.79 Å². The fourth-order valence-corrected chi connectivity index (χ4v) is 2.04. The van der Waals surface area contributed by atoms with Gasteiger partial charge in [-0.25, -0.2) is 0 Å². The predicted octanol–water partition coefficient (Wildman–Crippen LogP) is 2.86. The molecule has 0 saturated carbocycles. The second-order valence-corrected chi connectivity index (χ2v) is 4.64. The van der Waals surface area contributed by atoms with Gasteiger partial charge in [0.15, 0.2) is 0 Å². The maximum Gasteiger partial charge on any atom is 0.258 e. The molecule has 0 heterocycles. The van der Waals surface area contributed by atoms with Gasteiger partial charge >= 0.3 is 0 Å². The lowest BCUT2D eigenvalue weighted by Gasteiger charge is -2.19. The molecular formula is C16H18N2O2. The molecule has 0 unspecified atom stereocenters. The van der Waals surface area contributed by atoms with Gasteiger partial charge in [-0.2, -0.15) is 0 Å². The summed E-state index contributed by atoms with van der Waals surface area (Å²) in [5.74, 6) is 0.645. The van der Waals surface area contributed by atoms with Crippen LogP contribution in [-0.2, 0) is 0 Å². The van der Waals surface area contributed by atoms with Crippen molar-refractivity contribution < 1.29 is 9.53 Å². The number of nitrogen functional groups attached to an aromatic ring is 1. The van der Waals surface area contributed by atoms with Crippen LogP contribution in [0.15, 0.2) is 42.5 Å². The highest BCUT2D eigenvalue weighted by molar-refractivity contribution is 6.06. The molecular weight excluding hydrogens is 252 g/mol. The van der Waals surface area contributed by atoms with Crippen LogP contribution in [0.3, 0.4) is 0 Å². The highest BCUT2D eigenvalue weighted by Crippen LogP contribution is 2.22. The van der Waals surface area contributed by atoms with E-state index >= 15 is 0 Å². The zero-order valence-corrected chi connectivity index (χ0v) is 11.9. The van der Waals surface area contributed by atoms with Crippen molar-refractivity contribution in [1.29, 1.82) is 0 Å². The van der Waals surface area contributed by atoms with Gasteiger partial charge in [0.05, 0.1) is 7.11 Å². The number of ether oxygens (including phenoxy) is 1. The van der Waals surface area contributed by atoms with Gasteiger partial charge in [-0.05, 0) is 42.8 Å². The number of hydrogen-bond acceptors (Lipinski definition) is 3. The predicted molar refractivity (Wildman–Crippen MR) is 81.3 cm³/mol. The van der Waals surface area contributed by atoms with E-state index in [9.17, 15) is 4.79 Å². The van der Waals surface area contributed by atoms with E-state index < -0.39 is 0 Å². The second kappa shape index (κ2) is 5.65. The Morgan fingerprint density at radius 2 is 1.95 bits per heavy atom. The average molecular weight is 270 g/mol. The number of hydrogen-bond donors (Lipinski definition) is 1. The van der Waals surface area contributed by atoms with Crippen LogP contribution in [-0.4, -0.2) is 20.1 Å². The summed E-state index contributed by atoms with van der Waals surface area (Å²) in [6, 6.07) is 12.7. The lowest BCUT2D eigenvalue weighted by atomic mass is 10.1. The third kappa shape index (κ3) is 2.74.